The van der Waals surface area contributed by atoms with E-state index in [9.17, 15) is 4.39 Å². The molecule has 84 valence electrons. The van der Waals surface area contributed by atoms with E-state index in [1.54, 1.807) is 0 Å². The van der Waals surface area contributed by atoms with E-state index in [0.29, 0.717) is 0 Å². The van der Waals surface area contributed by atoms with Crippen molar-refractivity contribution >= 4 is 5.84 Å². The number of nitrogens with zero attached hydrogens (tertiary/aromatic N) is 2. The quantitative estimate of drug-likeness (QED) is 0.438. The highest BCUT2D eigenvalue weighted by Gasteiger charge is 2.25. The molecule has 0 spiro atoms. The lowest BCUT2D eigenvalue weighted by Gasteiger charge is -2.39. The molecule has 1 heterocycles. The first-order valence-electron chi connectivity index (χ1n) is 5.22. The third-order valence-corrected chi connectivity index (χ3v) is 2.28. The Morgan fingerprint density at radius 1 is 1.67 bits per heavy atom. The molecule has 0 aromatic heterocycles. The molecule has 3 nitrogen and oxygen atoms in total. The molecule has 1 rings (SSSR count). The van der Waals surface area contributed by atoms with Gasteiger partial charge in [0, 0.05) is 25.6 Å². The fourth-order valence-corrected chi connectivity index (χ4v) is 1.44. The van der Waals surface area contributed by atoms with Gasteiger partial charge in [-0.25, -0.2) is 9.38 Å². The van der Waals surface area contributed by atoms with Crippen molar-refractivity contribution in [1.82, 2.24) is 4.90 Å². The van der Waals surface area contributed by atoms with Crippen LogP contribution in [0.2, 0.25) is 0 Å². The molecule has 0 bridgehead atoms. The van der Waals surface area contributed by atoms with Gasteiger partial charge in [0.2, 0.25) is 0 Å². The summed E-state index contributed by atoms with van der Waals surface area (Å²) in [5, 5.41) is 0. The monoisotopic (exact) mass is 211 g/mol. The van der Waals surface area contributed by atoms with Gasteiger partial charge in [0.15, 0.2) is 0 Å². The molecular formula is C11H18FN3. The van der Waals surface area contributed by atoms with Crippen molar-refractivity contribution in [3.05, 3.63) is 24.7 Å². The second-order valence-electron chi connectivity index (χ2n) is 3.68. The van der Waals surface area contributed by atoms with Gasteiger partial charge in [-0.15, -0.1) is 0 Å². The first kappa shape index (κ1) is 11.9. The summed E-state index contributed by atoms with van der Waals surface area (Å²) in [6.45, 7) is 7.05. The van der Waals surface area contributed by atoms with Crippen LogP contribution in [0.3, 0.4) is 0 Å². The highest BCUT2D eigenvalue weighted by atomic mass is 19.1. The number of halogens is 1. The molecule has 2 N–H and O–H groups in total. The molecule has 1 fully saturated rings. The van der Waals surface area contributed by atoms with Crippen LogP contribution >= 0.6 is 0 Å². The van der Waals surface area contributed by atoms with E-state index in [0.717, 1.165) is 37.8 Å². The number of allylic oxidation sites excluding steroid dienone is 2. The number of hydrogen-bond donors (Lipinski definition) is 1. The molecular weight excluding hydrogens is 193 g/mol. The minimum Gasteiger partial charge on any atom is -0.357 e. The Labute approximate surface area is 90.2 Å². The molecule has 15 heavy (non-hydrogen) atoms. The standard InChI is InChI=1S/C11H18FN3/c1-3-5-11(14-6-9(12)4-2)15-7-10(13)8-15/h4,6,10H,2-3,5,7-8,13H2,1H3/b9-6+,14-11+. The molecule has 1 saturated heterocycles. The Morgan fingerprint density at radius 3 is 2.80 bits per heavy atom. The Bertz CT molecular complexity index is 278. The van der Waals surface area contributed by atoms with Gasteiger partial charge in [-0.2, -0.15) is 0 Å². The predicted octanol–water partition coefficient (Wildman–Crippen LogP) is 1.82. The highest BCUT2D eigenvalue weighted by Crippen LogP contribution is 2.11. The zero-order valence-corrected chi connectivity index (χ0v) is 9.12. The van der Waals surface area contributed by atoms with Crippen LogP contribution < -0.4 is 5.73 Å². The lowest BCUT2D eigenvalue weighted by molar-refractivity contribution is 0.249. The van der Waals surface area contributed by atoms with Gasteiger partial charge < -0.3 is 10.6 Å². The Hall–Kier alpha value is -1.16. The number of hydrogen-bond acceptors (Lipinski definition) is 2. The molecule has 0 amide bonds. The van der Waals surface area contributed by atoms with Gasteiger partial charge in [0.05, 0.1) is 6.20 Å². The van der Waals surface area contributed by atoms with Crippen molar-refractivity contribution in [3.63, 3.8) is 0 Å². The van der Waals surface area contributed by atoms with Crippen LogP contribution in [0.1, 0.15) is 19.8 Å². The number of aliphatic imine (C=N–C) groups is 1. The van der Waals surface area contributed by atoms with Crippen LogP contribution in [0.5, 0.6) is 0 Å². The topological polar surface area (TPSA) is 41.6 Å². The van der Waals surface area contributed by atoms with E-state index in [1.807, 2.05) is 0 Å². The summed E-state index contributed by atoms with van der Waals surface area (Å²) in [7, 11) is 0. The van der Waals surface area contributed by atoms with E-state index >= 15 is 0 Å². The van der Waals surface area contributed by atoms with Crippen molar-refractivity contribution in [2.24, 2.45) is 10.7 Å². The predicted molar refractivity (Wildman–Crippen MR) is 61.3 cm³/mol. The summed E-state index contributed by atoms with van der Waals surface area (Å²) in [6, 6.07) is 0.236. The van der Waals surface area contributed by atoms with E-state index in [4.69, 9.17) is 5.73 Å². The third-order valence-electron chi connectivity index (χ3n) is 2.28. The Balaban J connectivity index is 2.60. The van der Waals surface area contributed by atoms with Crippen molar-refractivity contribution in [2.45, 2.75) is 25.8 Å². The van der Waals surface area contributed by atoms with Crippen LogP contribution in [0, 0.1) is 0 Å². The molecule has 0 aromatic carbocycles. The van der Waals surface area contributed by atoms with Gasteiger partial charge >= 0.3 is 0 Å². The zero-order valence-electron chi connectivity index (χ0n) is 9.12. The highest BCUT2D eigenvalue weighted by molar-refractivity contribution is 5.83. The number of rotatable bonds is 4. The number of nitrogens with two attached hydrogens (primary N) is 1. The third kappa shape index (κ3) is 3.47. The fraction of sp³-hybridized carbons (Fsp3) is 0.545. The Kier molecular flexibility index (Phi) is 4.49. The van der Waals surface area contributed by atoms with E-state index in [1.165, 1.54) is 6.20 Å². The molecule has 4 heteroatoms. The largest absolute Gasteiger partial charge is 0.357 e. The van der Waals surface area contributed by atoms with Gasteiger partial charge in [0.1, 0.15) is 11.7 Å². The lowest BCUT2D eigenvalue weighted by atomic mass is 10.1. The first-order valence-corrected chi connectivity index (χ1v) is 5.22. The second kappa shape index (κ2) is 5.66. The van der Waals surface area contributed by atoms with Gasteiger partial charge in [0.25, 0.3) is 0 Å². The molecule has 0 aliphatic carbocycles. The average Bonchev–Trinajstić information content (AvgIpc) is 2.19. The molecule has 1 aliphatic rings. The van der Waals surface area contributed by atoms with Crippen LogP contribution in [0.25, 0.3) is 0 Å². The van der Waals surface area contributed by atoms with E-state index < -0.39 is 5.83 Å². The number of amidine groups is 1. The molecule has 0 radical (unpaired) electrons. The molecule has 1 aliphatic heterocycles. The minimum atomic E-state index is -0.409. The van der Waals surface area contributed by atoms with Crippen LogP contribution in [0.4, 0.5) is 4.39 Å². The summed E-state index contributed by atoms with van der Waals surface area (Å²) in [4.78, 5) is 6.20. The molecule has 0 unspecified atom stereocenters. The van der Waals surface area contributed by atoms with Gasteiger partial charge in [-0.05, 0) is 12.5 Å². The maximum atomic E-state index is 12.8. The summed E-state index contributed by atoms with van der Waals surface area (Å²) >= 11 is 0. The first-order chi connectivity index (χ1) is 7.17. The Morgan fingerprint density at radius 2 is 2.33 bits per heavy atom. The molecule has 0 aromatic rings. The van der Waals surface area contributed by atoms with Gasteiger partial charge in [-0.1, -0.05) is 13.5 Å². The van der Waals surface area contributed by atoms with Crippen LogP contribution in [-0.4, -0.2) is 29.9 Å². The van der Waals surface area contributed by atoms with Crippen LogP contribution in [0.15, 0.2) is 29.7 Å². The smallest absolute Gasteiger partial charge is 0.140 e. The SMILES string of the molecule is C=C/C(F)=C\N=C(/CCC)N1CC(N)C1. The second-order valence-corrected chi connectivity index (χ2v) is 3.68. The maximum absolute atomic E-state index is 12.8. The summed E-state index contributed by atoms with van der Waals surface area (Å²) in [6.07, 6.45) is 4.21. The molecule has 0 atom stereocenters. The van der Waals surface area contributed by atoms with E-state index in [-0.39, 0.29) is 6.04 Å². The fourth-order valence-electron chi connectivity index (χ4n) is 1.44. The zero-order chi connectivity index (χ0) is 11.3. The summed E-state index contributed by atoms with van der Waals surface area (Å²) in [5.41, 5.74) is 5.68. The number of likely N-dealkylation sites (tertiary alicyclic amines) is 1. The van der Waals surface area contributed by atoms with Crippen molar-refractivity contribution in [2.75, 3.05) is 13.1 Å². The van der Waals surface area contributed by atoms with Gasteiger partial charge in [-0.3, -0.25) is 0 Å². The summed E-state index contributed by atoms with van der Waals surface area (Å²) in [5.74, 6) is 0.504. The summed E-state index contributed by atoms with van der Waals surface area (Å²) < 4.78 is 12.8. The lowest BCUT2D eigenvalue weighted by Crippen LogP contribution is -2.57. The average molecular weight is 211 g/mol. The van der Waals surface area contributed by atoms with Crippen molar-refractivity contribution in [1.29, 1.82) is 0 Å². The maximum Gasteiger partial charge on any atom is 0.140 e. The molecule has 0 saturated carbocycles. The van der Waals surface area contributed by atoms with Crippen molar-refractivity contribution < 1.29 is 4.39 Å². The van der Waals surface area contributed by atoms with Crippen LogP contribution in [-0.2, 0) is 0 Å². The van der Waals surface area contributed by atoms with E-state index in [2.05, 4.69) is 23.4 Å². The van der Waals surface area contributed by atoms with Crippen molar-refractivity contribution in [3.8, 4) is 0 Å². The minimum absolute atomic E-state index is 0.236. The normalized spacial score (nSPS) is 19.0.